The third-order valence-electron chi connectivity index (χ3n) is 4.68. The van der Waals surface area contributed by atoms with Crippen LogP contribution >= 0.6 is 0 Å². The van der Waals surface area contributed by atoms with E-state index in [4.69, 9.17) is 0 Å². The number of likely N-dealkylation sites (N-methyl/N-ethyl adjacent to an activating group) is 1. The van der Waals surface area contributed by atoms with E-state index in [0.29, 0.717) is 25.3 Å². The van der Waals surface area contributed by atoms with Gasteiger partial charge in [-0.3, -0.25) is 9.78 Å². The van der Waals surface area contributed by atoms with Gasteiger partial charge >= 0.3 is 0 Å². The average Bonchev–Trinajstić information content (AvgIpc) is 3.16. The minimum Gasteiger partial charge on any atom is -0.329 e. The van der Waals surface area contributed by atoms with E-state index in [9.17, 15) is 4.79 Å². The van der Waals surface area contributed by atoms with Crippen LogP contribution in [0.5, 0.6) is 0 Å². The molecule has 0 spiro atoms. The van der Waals surface area contributed by atoms with Gasteiger partial charge in [0.1, 0.15) is 6.04 Å². The number of aromatic nitrogens is 5. The van der Waals surface area contributed by atoms with E-state index in [1.165, 1.54) is 0 Å². The molecule has 1 atom stereocenters. The number of fused-ring (bicyclic) bond motifs is 1. The van der Waals surface area contributed by atoms with Gasteiger partial charge in [-0.05, 0) is 24.1 Å². The van der Waals surface area contributed by atoms with Gasteiger partial charge in [0.15, 0.2) is 5.82 Å². The maximum absolute atomic E-state index is 13.0. The SMILES string of the molecule is CN1CCN(C(=O)Cc2cccc3ccncc23)C(c2nn[nH]n2)C1. The summed E-state index contributed by atoms with van der Waals surface area (Å²) in [5.41, 5.74) is 0.987. The van der Waals surface area contributed by atoms with Crippen LogP contribution in [-0.2, 0) is 11.2 Å². The van der Waals surface area contributed by atoms with E-state index < -0.39 is 0 Å². The highest BCUT2D eigenvalue weighted by Crippen LogP contribution is 2.24. The molecule has 1 N–H and O–H groups in total. The number of carbonyl (C=O) groups is 1. The van der Waals surface area contributed by atoms with E-state index in [1.54, 1.807) is 6.20 Å². The van der Waals surface area contributed by atoms with Crippen molar-refractivity contribution in [3.8, 4) is 0 Å². The van der Waals surface area contributed by atoms with Crippen molar-refractivity contribution >= 4 is 16.7 Å². The first-order valence-electron chi connectivity index (χ1n) is 8.25. The number of rotatable bonds is 3. The molecule has 1 aliphatic rings. The molecule has 1 aliphatic heterocycles. The summed E-state index contributed by atoms with van der Waals surface area (Å²) >= 11 is 0. The van der Waals surface area contributed by atoms with Gasteiger partial charge in [-0.15, -0.1) is 10.2 Å². The lowest BCUT2D eigenvalue weighted by atomic mass is 10.0. The van der Waals surface area contributed by atoms with Crippen LogP contribution in [-0.4, -0.2) is 68.0 Å². The number of hydrogen-bond acceptors (Lipinski definition) is 6. The summed E-state index contributed by atoms with van der Waals surface area (Å²) < 4.78 is 0. The predicted octanol–water partition coefficient (Wildman–Crippen LogP) is 0.806. The predicted molar refractivity (Wildman–Crippen MR) is 91.6 cm³/mol. The van der Waals surface area contributed by atoms with E-state index in [0.717, 1.165) is 22.9 Å². The van der Waals surface area contributed by atoms with Crippen LogP contribution in [0.3, 0.4) is 0 Å². The maximum atomic E-state index is 13.0. The Labute approximate surface area is 144 Å². The van der Waals surface area contributed by atoms with Crippen molar-refractivity contribution in [2.75, 3.05) is 26.7 Å². The second-order valence-electron chi connectivity index (χ2n) is 6.33. The molecule has 25 heavy (non-hydrogen) atoms. The zero-order chi connectivity index (χ0) is 17.2. The molecule has 128 valence electrons. The molecule has 1 amide bonds. The Bertz CT molecular complexity index is 874. The Morgan fingerprint density at radius 2 is 2.24 bits per heavy atom. The molecule has 3 heterocycles. The molecular weight excluding hydrogens is 318 g/mol. The van der Waals surface area contributed by atoms with Crippen LogP contribution in [0.25, 0.3) is 10.8 Å². The van der Waals surface area contributed by atoms with Crippen LogP contribution in [0.4, 0.5) is 0 Å². The maximum Gasteiger partial charge on any atom is 0.227 e. The number of hydrogen-bond donors (Lipinski definition) is 1. The minimum atomic E-state index is -0.182. The largest absolute Gasteiger partial charge is 0.329 e. The minimum absolute atomic E-state index is 0.0688. The summed E-state index contributed by atoms with van der Waals surface area (Å²) in [6.07, 6.45) is 3.92. The first-order chi connectivity index (χ1) is 12.2. The Hall–Kier alpha value is -2.87. The Morgan fingerprint density at radius 1 is 1.32 bits per heavy atom. The molecule has 0 aliphatic carbocycles. The monoisotopic (exact) mass is 337 g/mol. The number of amides is 1. The zero-order valence-electron chi connectivity index (χ0n) is 14.0. The first kappa shape index (κ1) is 15.6. The fraction of sp³-hybridized carbons (Fsp3) is 0.353. The highest BCUT2D eigenvalue weighted by Gasteiger charge is 2.32. The number of nitrogens with zero attached hydrogens (tertiary/aromatic N) is 6. The number of benzene rings is 1. The third-order valence-corrected chi connectivity index (χ3v) is 4.68. The van der Waals surface area contributed by atoms with Crippen molar-refractivity contribution < 1.29 is 4.79 Å². The number of tetrazole rings is 1. The first-order valence-corrected chi connectivity index (χ1v) is 8.25. The Kier molecular flexibility index (Phi) is 4.10. The molecule has 2 aromatic heterocycles. The number of H-pyrrole nitrogens is 1. The lowest BCUT2D eigenvalue weighted by Gasteiger charge is -2.38. The van der Waals surface area contributed by atoms with Crippen LogP contribution in [0.15, 0.2) is 36.7 Å². The van der Waals surface area contributed by atoms with Crippen LogP contribution in [0.2, 0.25) is 0 Å². The molecule has 0 saturated carbocycles. The van der Waals surface area contributed by atoms with Crippen LogP contribution < -0.4 is 0 Å². The van der Waals surface area contributed by atoms with Gasteiger partial charge < -0.3 is 9.80 Å². The number of pyridine rings is 1. The van der Waals surface area contributed by atoms with Gasteiger partial charge in [0.2, 0.25) is 5.91 Å². The van der Waals surface area contributed by atoms with Gasteiger partial charge in [0.05, 0.1) is 6.42 Å². The number of nitrogens with one attached hydrogen (secondary N) is 1. The van der Waals surface area contributed by atoms with Crippen molar-refractivity contribution in [3.05, 3.63) is 48.0 Å². The standard InChI is InChI=1S/C17H19N7O/c1-23-7-8-24(15(11-23)17-19-21-22-20-17)16(25)9-13-4-2-3-12-5-6-18-10-14(12)13/h2-6,10,15H,7-9,11H2,1H3,(H,19,20,21,22). The van der Waals surface area contributed by atoms with E-state index in [2.05, 4.69) is 30.5 Å². The van der Waals surface area contributed by atoms with Gasteiger partial charge in [-0.2, -0.15) is 5.21 Å². The molecule has 1 aromatic carbocycles. The average molecular weight is 337 g/mol. The van der Waals surface area contributed by atoms with Gasteiger partial charge in [-0.25, -0.2) is 0 Å². The van der Waals surface area contributed by atoms with Crippen LogP contribution in [0, 0.1) is 0 Å². The van der Waals surface area contributed by atoms with Crippen LogP contribution in [0.1, 0.15) is 17.4 Å². The smallest absolute Gasteiger partial charge is 0.227 e. The van der Waals surface area contributed by atoms with Gasteiger partial charge in [0, 0.05) is 37.4 Å². The second kappa shape index (κ2) is 6.56. The van der Waals surface area contributed by atoms with Crippen molar-refractivity contribution in [2.24, 2.45) is 0 Å². The summed E-state index contributed by atoms with van der Waals surface area (Å²) in [7, 11) is 2.03. The lowest BCUT2D eigenvalue weighted by molar-refractivity contribution is -0.135. The Balaban J connectivity index is 1.60. The summed E-state index contributed by atoms with van der Waals surface area (Å²) in [6.45, 7) is 2.18. The summed E-state index contributed by atoms with van der Waals surface area (Å²) in [5, 5.41) is 16.4. The van der Waals surface area contributed by atoms with Crippen molar-refractivity contribution in [1.82, 2.24) is 35.4 Å². The molecule has 1 fully saturated rings. The number of aromatic amines is 1. The molecule has 0 bridgehead atoms. The topological polar surface area (TPSA) is 90.9 Å². The van der Waals surface area contributed by atoms with Crippen molar-refractivity contribution in [2.45, 2.75) is 12.5 Å². The third kappa shape index (κ3) is 3.08. The Morgan fingerprint density at radius 3 is 3.08 bits per heavy atom. The fourth-order valence-electron chi connectivity index (χ4n) is 3.34. The second-order valence-corrected chi connectivity index (χ2v) is 6.33. The lowest BCUT2D eigenvalue weighted by Crippen LogP contribution is -2.50. The molecule has 1 unspecified atom stereocenters. The highest BCUT2D eigenvalue weighted by atomic mass is 16.2. The molecule has 4 rings (SSSR count). The molecule has 3 aromatic rings. The van der Waals surface area contributed by atoms with Crippen molar-refractivity contribution in [1.29, 1.82) is 0 Å². The van der Waals surface area contributed by atoms with E-state index in [1.807, 2.05) is 42.4 Å². The molecular formula is C17H19N7O. The normalized spacial score (nSPS) is 18.6. The summed E-state index contributed by atoms with van der Waals surface area (Å²) in [4.78, 5) is 21.3. The molecule has 0 radical (unpaired) electrons. The highest BCUT2D eigenvalue weighted by molar-refractivity contribution is 5.89. The van der Waals surface area contributed by atoms with Crippen molar-refractivity contribution in [3.63, 3.8) is 0 Å². The fourth-order valence-corrected chi connectivity index (χ4v) is 3.34. The van der Waals surface area contributed by atoms with Gasteiger partial charge in [-0.1, -0.05) is 23.4 Å². The molecule has 1 saturated heterocycles. The quantitative estimate of drug-likeness (QED) is 0.760. The van der Waals surface area contributed by atoms with E-state index >= 15 is 0 Å². The zero-order valence-corrected chi connectivity index (χ0v) is 14.0. The van der Waals surface area contributed by atoms with E-state index in [-0.39, 0.29) is 11.9 Å². The number of piperazine rings is 1. The molecule has 8 nitrogen and oxygen atoms in total. The van der Waals surface area contributed by atoms with Gasteiger partial charge in [0.25, 0.3) is 0 Å². The number of carbonyl (C=O) groups excluding carboxylic acids is 1. The summed E-state index contributed by atoms with van der Waals surface area (Å²) in [5.74, 6) is 0.624. The molecule has 8 heteroatoms. The summed E-state index contributed by atoms with van der Waals surface area (Å²) in [6, 6.07) is 7.77.